The van der Waals surface area contributed by atoms with E-state index in [9.17, 15) is 4.79 Å². The molecule has 0 aliphatic rings. The molecule has 1 aromatic carbocycles. The van der Waals surface area contributed by atoms with Crippen LogP contribution in [-0.2, 0) is 0 Å². The maximum Gasteiger partial charge on any atom is 0.345 e. The fourth-order valence-corrected chi connectivity index (χ4v) is 1.23. The van der Waals surface area contributed by atoms with E-state index in [1.807, 2.05) is 45.4 Å². The van der Waals surface area contributed by atoms with E-state index in [0.29, 0.717) is 4.48 Å². The van der Waals surface area contributed by atoms with Crippen LogP contribution in [0, 0.1) is 0 Å². The number of amides is 1. The highest BCUT2D eigenvalue weighted by Crippen LogP contribution is 2.14. The van der Waals surface area contributed by atoms with Gasteiger partial charge in [-0.25, -0.2) is 4.79 Å². The minimum Gasteiger partial charge on any atom is -1.00 e. The highest BCUT2D eigenvalue weighted by molar-refractivity contribution is 5.92. The molecule has 1 aromatic rings. The molecule has 0 saturated carbocycles. The van der Waals surface area contributed by atoms with Gasteiger partial charge in [0.1, 0.15) is 0 Å². The average Bonchev–Trinajstić information content (AvgIpc) is 2.15. The Morgan fingerprint density at radius 2 is 1.80 bits per heavy atom. The van der Waals surface area contributed by atoms with Gasteiger partial charge in [-0.3, -0.25) is 4.48 Å². The molecule has 0 bridgehead atoms. The molecule has 0 atom stereocenters. The molecule has 2 nitrogen and oxygen atoms in total. The Hall–Kier alpha value is -1.12. The molecule has 0 fully saturated rings. The Labute approximate surface area is 97.2 Å². The summed E-state index contributed by atoms with van der Waals surface area (Å²) in [5, 5.41) is 0. The predicted octanol–water partition coefficient (Wildman–Crippen LogP) is -0.820. The minimum absolute atomic E-state index is 0. The summed E-state index contributed by atoms with van der Waals surface area (Å²) in [7, 11) is 5.59. The third kappa shape index (κ3) is 3.18. The monoisotopic (exact) mass is 225 g/mol. The van der Waals surface area contributed by atoms with Gasteiger partial charge in [-0.15, -0.1) is 0 Å². The summed E-state index contributed by atoms with van der Waals surface area (Å²) < 4.78 is 0.296. The first-order chi connectivity index (χ1) is 6.46. The van der Waals surface area contributed by atoms with Crippen LogP contribution in [0.2, 0.25) is 0 Å². The number of halogens is 1. The maximum atomic E-state index is 12.0. The summed E-state index contributed by atoms with van der Waals surface area (Å²) in [4.78, 5) is 12.0. The molecule has 0 unspecified atom stereocenters. The van der Waals surface area contributed by atoms with Crippen molar-refractivity contribution in [2.45, 2.75) is 0 Å². The van der Waals surface area contributed by atoms with Crippen LogP contribution in [0.15, 0.2) is 30.8 Å². The van der Waals surface area contributed by atoms with E-state index < -0.39 is 0 Å². The van der Waals surface area contributed by atoms with Crippen LogP contribution >= 0.6 is 0 Å². The van der Waals surface area contributed by atoms with Gasteiger partial charge in [0.05, 0.1) is 26.7 Å². The molecule has 0 N–H and O–H groups in total. The third-order valence-corrected chi connectivity index (χ3v) is 2.02. The number of hydrogen-bond acceptors (Lipinski definition) is 1. The molecule has 15 heavy (non-hydrogen) atoms. The molecule has 0 aliphatic heterocycles. The lowest BCUT2D eigenvalue weighted by atomic mass is 10.1. The Bertz CT molecular complexity index is 366. The first-order valence-electron chi connectivity index (χ1n) is 4.54. The molecule has 0 aromatic heterocycles. The number of quaternary nitrogens is 1. The number of rotatable bonds is 2. The topological polar surface area (TPSA) is 17.1 Å². The molecule has 0 radical (unpaired) electrons. The standard InChI is InChI=1S/C12H16NO.ClH/c1-5-10-8-6-7-9-11(10)12(14)13(2,3)4;/h5-9H,1H2,2-4H3;1H/q+1;/p-1. The fourth-order valence-electron chi connectivity index (χ4n) is 1.23. The van der Waals surface area contributed by atoms with Gasteiger partial charge in [-0.1, -0.05) is 30.9 Å². The van der Waals surface area contributed by atoms with Crippen LogP contribution < -0.4 is 12.4 Å². The van der Waals surface area contributed by atoms with E-state index in [0.717, 1.165) is 11.1 Å². The summed E-state index contributed by atoms with van der Waals surface area (Å²) in [6.07, 6.45) is 1.71. The zero-order valence-electron chi connectivity index (χ0n) is 9.33. The molecule has 1 rings (SSSR count). The van der Waals surface area contributed by atoms with Crippen molar-refractivity contribution in [3.05, 3.63) is 42.0 Å². The smallest absolute Gasteiger partial charge is 0.345 e. The highest BCUT2D eigenvalue weighted by atomic mass is 35.5. The summed E-state index contributed by atoms with van der Waals surface area (Å²) >= 11 is 0. The molecular weight excluding hydrogens is 210 g/mol. The number of hydrogen-bond donors (Lipinski definition) is 0. The lowest BCUT2D eigenvalue weighted by Gasteiger charge is -2.21. The zero-order chi connectivity index (χ0) is 10.8. The summed E-state index contributed by atoms with van der Waals surface area (Å²) in [5.41, 5.74) is 1.63. The second kappa shape index (κ2) is 5.10. The van der Waals surface area contributed by atoms with Gasteiger partial charge in [0.2, 0.25) is 0 Å². The Balaban J connectivity index is 0.00000196. The largest absolute Gasteiger partial charge is 1.00 e. The van der Waals surface area contributed by atoms with E-state index >= 15 is 0 Å². The number of benzene rings is 1. The van der Waals surface area contributed by atoms with E-state index in [4.69, 9.17) is 0 Å². The summed E-state index contributed by atoms with van der Waals surface area (Å²) in [6, 6.07) is 7.51. The van der Waals surface area contributed by atoms with Crippen LogP contribution in [0.3, 0.4) is 0 Å². The van der Waals surface area contributed by atoms with Crippen molar-refractivity contribution in [2.24, 2.45) is 0 Å². The fraction of sp³-hybridized carbons (Fsp3) is 0.250. The van der Waals surface area contributed by atoms with E-state index in [1.165, 1.54) is 0 Å². The van der Waals surface area contributed by atoms with E-state index in [1.54, 1.807) is 6.08 Å². The molecule has 0 saturated heterocycles. The van der Waals surface area contributed by atoms with Crippen molar-refractivity contribution in [1.29, 1.82) is 0 Å². The van der Waals surface area contributed by atoms with Gasteiger partial charge in [0, 0.05) is 0 Å². The second-order valence-electron chi connectivity index (χ2n) is 4.11. The zero-order valence-corrected chi connectivity index (χ0v) is 10.1. The molecule has 0 aliphatic carbocycles. The second-order valence-corrected chi connectivity index (χ2v) is 4.11. The normalized spacial score (nSPS) is 10.3. The Morgan fingerprint density at radius 3 is 2.27 bits per heavy atom. The van der Waals surface area contributed by atoms with Crippen LogP contribution in [0.4, 0.5) is 0 Å². The lowest BCUT2D eigenvalue weighted by molar-refractivity contribution is -0.785. The van der Waals surface area contributed by atoms with Gasteiger partial charge in [0.15, 0.2) is 0 Å². The van der Waals surface area contributed by atoms with Crippen LogP contribution in [-0.4, -0.2) is 31.5 Å². The molecule has 1 amide bonds. The van der Waals surface area contributed by atoms with Crippen molar-refractivity contribution < 1.29 is 21.7 Å². The number of carbonyl (C=O) groups is 1. The predicted molar refractivity (Wildman–Crippen MR) is 58.9 cm³/mol. The molecule has 0 heterocycles. The van der Waals surface area contributed by atoms with Crippen LogP contribution in [0.25, 0.3) is 6.08 Å². The van der Waals surface area contributed by atoms with Crippen molar-refractivity contribution in [1.82, 2.24) is 0 Å². The van der Waals surface area contributed by atoms with Crippen molar-refractivity contribution in [3.63, 3.8) is 0 Å². The van der Waals surface area contributed by atoms with Crippen molar-refractivity contribution in [3.8, 4) is 0 Å². The Kier molecular flexibility index (Phi) is 4.72. The first-order valence-corrected chi connectivity index (χ1v) is 4.54. The number of nitrogens with zero attached hydrogens (tertiary/aromatic N) is 1. The molecular formula is C12H16ClNO. The van der Waals surface area contributed by atoms with Gasteiger partial charge in [-0.2, -0.15) is 0 Å². The first kappa shape index (κ1) is 13.9. The average molecular weight is 226 g/mol. The summed E-state index contributed by atoms with van der Waals surface area (Å²) in [5.74, 6) is 0.0977. The maximum absolute atomic E-state index is 12.0. The molecule has 82 valence electrons. The van der Waals surface area contributed by atoms with Gasteiger partial charge >= 0.3 is 5.91 Å². The van der Waals surface area contributed by atoms with Crippen molar-refractivity contribution in [2.75, 3.05) is 21.1 Å². The highest BCUT2D eigenvalue weighted by Gasteiger charge is 2.23. The van der Waals surface area contributed by atoms with Crippen LogP contribution in [0.1, 0.15) is 15.9 Å². The lowest BCUT2D eigenvalue weighted by Crippen LogP contribution is -3.00. The minimum atomic E-state index is 0. The van der Waals surface area contributed by atoms with E-state index in [2.05, 4.69) is 6.58 Å². The van der Waals surface area contributed by atoms with Crippen LogP contribution in [0.5, 0.6) is 0 Å². The summed E-state index contributed by atoms with van der Waals surface area (Å²) in [6.45, 7) is 3.70. The molecule has 3 heteroatoms. The van der Waals surface area contributed by atoms with Gasteiger partial charge in [-0.05, 0) is 11.6 Å². The van der Waals surface area contributed by atoms with E-state index in [-0.39, 0.29) is 18.3 Å². The van der Waals surface area contributed by atoms with Crippen molar-refractivity contribution >= 4 is 12.0 Å². The quantitative estimate of drug-likeness (QED) is 0.602. The van der Waals surface area contributed by atoms with Gasteiger partial charge in [0.25, 0.3) is 0 Å². The molecule has 0 spiro atoms. The third-order valence-electron chi connectivity index (χ3n) is 2.02. The van der Waals surface area contributed by atoms with Gasteiger partial charge < -0.3 is 12.4 Å². The number of carbonyl (C=O) groups excluding carboxylic acids is 1. The Morgan fingerprint density at radius 1 is 1.27 bits per heavy atom. The SMILES string of the molecule is C=Cc1ccccc1C(=O)[N+](C)(C)C.[Cl-].